The molecule has 0 aromatic carbocycles. The number of aromatic nitrogens is 4. The lowest BCUT2D eigenvalue weighted by molar-refractivity contribution is 0.00375. The Morgan fingerprint density at radius 2 is 1.94 bits per heavy atom. The molecule has 7 nitrogen and oxygen atoms in total. The molecule has 1 saturated heterocycles. The smallest absolute Gasteiger partial charge is 0.247 e. The Kier molecular flexibility index (Phi) is 5.71. The highest BCUT2D eigenvalue weighted by atomic mass is 16.5. The minimum atomic E-state index is -0.116. The molecule has 1 saturated carbocycles. The second kappa shape index (κ2) is 8.79. The Morgan fingerprint density at radius 1 is 1.09 bits per heavy atom. The van der Waals surface area contributed by atoms with E-state index >= 15 is 0 Å². The highest BCUT2D eigenvalue weighted by Gasteiger charge is 2.29. The molecule has 3 aromatic rings. The molecular weight excluding hydrogens is 402 g/mol. The quantitative estimate of drug-likeness (QED) is 0.654. The van der Waals surface area contributed by atoms with E-state index in [1.807, 2.05) is 19.1 Å². The number of rotatable bonds is 3. The van der Waals surface area contributed by atoms with Crippen molar-refractivity contribution < 1.29 is 4.74 Å². The molecule has 0 bridgehead atoms. The van der Waals surface area contributed by atoms with Crippen LogP contribution >= 0.6 is 0 Å². The highest BCUT2D eigenvalue weighted by molar-refractivity contribution is 5.80. The monoisotopic (exact) mass is 429 g/mol. The van der Waals surface area contributed by atoms with Crippen molar-refractivity contribution in [3.8, 4) is 6.07 Å². The van der Waals surface area contributed by atoms with Crippen LogP contribution in [0.15, 0.2) is 29.2 Å². The first kappa shape index (κ1) is 20.8. The predicted octanol–water partition coefficient (Wildman–Crippen LogP) is 4.58. The van der Waals surface area contributed by atoms with Gasteiger partial charge in [-0.3, -0.25) is 4.79 Å². The van der Waals surface area contributed by atoms with Gasteiger partial charge in [-0.1, -0.05) is 19.3 Å². The number of nitriles is 1. The van der Waals surface area contributed by atoms with Crippen LogP contribution in [0.3, 0.4) is 0 Å². The van der Waals surface area contributed by atoms with E-state index in [-0.39, 0.29) is 17.6 Å². The minimum Gasteiger partial charge on any atom is -0.373 e. The molecular formula is C25H27N5O2. The van der Waals surface area contributed by atoms with Crippen LogP contribution in [0.1, 0.15) is 91.2 Å². The summed E-state index contributed by atoms with van der Waals surface area (Å²) in [6.45, 7) is 2.48. The van der Waals surface area contributed by atoms with E-state index in [0.29, 0.717) is 29.4 Å². The number of nitrogens with one attached hydrogen (secondary N) is 1. The molecule has 1 aliphatic heterocycles. The molecule has 2 fully saturated rings. The fourth-order valence-electron chi connectivity index (χ4n) is 5.05. The third-order valence-corrected chi connectivity index (χ3v) is 6.87. The molecule has 0 radical (unpaired) electrons. The van der Waals surface area contributed by atoms with Crippen molar-refractivity contribution in [1.29, 1.82) is 5.26 Å². The van der Waals surface area contributed by atoms with Crippen LogP contribution in [-0.4, -0.2) is 26.5 Å². The zero-order valence-corrected chi connectivity index (χ0v) is 18.3. The van der Waals surface area contributed by atoms with E-state index < -0.39 is 0 Å². The van der Waals surface area contributed by atoms with Crippen LogP contribution in [0, 0.1) is 18.3 Å². The summed E-state index contributed by atoms with van der Waals surface area (Å²) in [5, 5.41) is 10.4. The molecule has 2 aliphatic rings. The Morgan fingerprint density at radius 3 is 2.69 bits per heavy atom. The van der Waals surface area contributed by atoms with Crippen molar-refractivity contribution in [3.05, 3.63) is 63.1 Å². The molecule has 2 atom stereocenters. The zero-order chi connectivity index (χ0) is 22.1. The first-order valence-electron chi connectivity index (χ1n) is 11.5. The summed E-state index contributed by atoms with van der Waals surface area (Å²) in [5.41, 5.74) is 3.90. The average molecular weight is 430 g/mol. The highest BCUT2D eigenvalue weighted by Crippen LogP contribution is 2.39. The van der Waals surface area contributed by atoms with Gasteiger partial charge in [0.1, 0.15) is 11.9 Å². The lowest BCUT2D eigenvalue weighted by Gasteiger charge is -2.30. The van der Waals surface area contributed by atoms with Gasteiger partial charge in [0.2, 0.25) is 5.56 Å². The van der Waals surface area contributed by atoms with Crippen molar-refractivity contribution >= 4 is 11.0 Å². The summed E-state index contributed by atoms with van der Waals surface area (Å²) in [5.74, 6) is 1.37. The van der Waals surface area contributed by atoms with Gasteiger partial charge in [-0.2, -0.15) is 5.26 Å². The van der Waals surface area contributed by atoms with Gasteiger partial charge in [0.05, 0.1) is 23.1 Å². The van der Waals surface area contributed by atoms with Gasteiger partial charge in [0, 0.05) is 36.1 Å². The maximum absolute atomic E-state index is 11.4. The van der Waals surface area contributed by atoms with Crippen molar-refractivity contribution in [2.24, 2.45) is 0 Å². The Labute approximate surface area is 186 Å². The molecule has 7 heteroatoms. The standard InChI is InChI=1S/C25H27N5O2/c1-15-19(13-26)11-20-23(16-5-3-2-4-6-16)29-24(30-25(20)28-15)17-9-10-32-21(12-17)18-7-8-22(31)27-14-18/h7-8,11,14,16-17,21H,2-6,9-10,12H2,1H3,(H,27,31)/t17-,21+/m0/s1. The number of ether oxygens (including phenoxy) is 1. The predicted molar refractivity (Wildman–Crippen MR) is 120 cm³/mol. The third kappa shape index (κ3) is 4.03. The Hall–Kier alpha value is -3.11. The summed E-state index contributed by atoms with van der Waals surface area (Å²) >= 11 is 0. The SMILES string of the molecule is Cc1nc2nc([C@H]3CCO[C@@H](c4ccc(=O)[nH]c4)C3)nc(C3CCCCC3)c2cc1C#N. The van der Waals surface area contributed by atoms with Crippen LogP contribution in [0.5, 0.6) is 0 Å². The maximum atomic E-state index is 11.4. The minimum absolute atomic E-state index is 0.0984. The molecule has 0 amide bonds. The van der Waals surface area contributed by atoms with Crippen LogP contribution in [0.25, 0.3) is 11.0 Å². The van der Waals surface area contributed by atoms with Gasteiger partial charge >= 0.3 is 0 Å². The Bertz CT molecular complexity index is 1220. The molecule has 164 valence electrons. The largest absolute Gasteiger partial charge is 0.373 e. The number of aromatic amines is 1. The van der Waals surface area contributed by atoms with Gasteiger partial charge in [-0.15, -0.1) is 0 Å². The van der Waals surface area contributed by atoms with Crippen molar-refractivity contribution in [2.45, 2.75) is 69.8 Å². The van der Waals surface area contributed by atoms with Crippen LogP contribution in [0.2, 0.25) is 0 Å². The third-order valence-electron chi connectivity index (χ3n) is 6.87. The fourth-order valence-corrected chi connectivity index (χ4v) is 5.05. The molecule has 0 unspecified atom stereocenters. The average Bonchev–Trinajstić information content (AvgIpc) is 2.84. The summed E-state index contributed by atoms with van der Waals surface area (Å²) in [7, 11) is 0. The van der Waals surface area contributed by atoms with Gasteiger partial charge in [0.15, 0.2) is 5.65 Å². The van der Waals surface area contributed by atoms with Gasteiger partial charge < -0.3 is 9.72 Å². The van der Waals surface area contributed by atoms with E-state index in [0.717, 1.165) is 48.2 Å². The van der Waals surface area contributed by atoms with E-state index in [1.165, 1.54) is 25.3 Å². The van der Waals surface area contributed by atoms with E-state index in [2.05, 4.69) is 11.1 Å². The number of pyridine rings is 2. The van der Waals surface area contributed by atoms with Crippen molar-refractivity contribution in [2.75, 3.05) is 6.61 Å². The van der Waals surface area contributed by atoms with E-state index in [1.54, 1.807) is 6.20 Å². The second-order valence-electron chi connectivity index (χ2n) is 8.97. The first-order valence-corrected chi connectivity index (χ1v) is 11.5. The second-order valence-corrected chi connectivity index (χ2v) is 8.97. The molecule has 3 aromatic heterocycles. The van der Waals surface area contributed by atoms with Gasteiger partial charge in [-0.05, 0) is 50.3 Å². The molecule has 4 heterocycles. The van der Waals surface area contributed by atoms with Crippen molar-refractivity contribution in [1.82, 2.24) is 19.9 Å². The Balaban J connectivity index is 1.55. The molecule has 5 rings (SSSR count). The van der Waals surface area contributed by atoms with Crippen molar-refractivity contribution in [3.63, 3.8) is 0 Å². The lowest BCUT2D eigenvalue weighted by atomic mass is 9.85. The first-order chi connectivity index (χ1) is 15.6. The molecule has 32 heavy (non-hydrogen) atoms. The zero-order valence-electron chi connectivity index (χ0n) is 18.3. The van der Waals surface area contributed by atoms with Gasteiger partial charge in [-0.25, -0.2) is 15.0 Å². The van der Waals surface area contributed by atoms with Crippen LogP contribution < -0.4 is 5.56 Å². The van der Waals surface area contributed by atoms with Crippen LogP contribution in [0.4, 0.5) is 0 Å². The number of hydrogen-bond donors (Lipinski definition) is 1. The number of hydrogen-bond acceptors (Lipinski definition) is 6. The van der Waals surface area contributed by atoms with E-state index in [9.17, 15) is 10.1 Å². The maximum Gasteiger partial charge on any atom is 0.247 e. The van der Waals surface area contributed by atoms with E-state index in [4.69, 9.17) is 19.7 Å². The molecule has 0 spiro atoms. The normalized spacial score (nSPS) is 22.0. The fraction of sp³-hybridized carbons (Fsp3) is 0.480. The number of fused-ring (bicyclic) bond motifs is 1. The number of nitrogens with zero attached hydrogens (tertiary/aromatic N) is 4. The molecule has 1 aliphatic carbocycles. The topological polar surface area (TPSA) is 105 Å². The summed E-state index contributed by atoms with van der Waals surface area (Å²) in [4.78, 5) is 28.9. The summed E-state index contributed by atoms with van der Waals surface area (Å²) < 4.78 is 6.01. The van der Waals surface area contributed by atoms with Gasteiger partial charge in [0.25, 0.3) is 0 Å². The lowest BCUT2D eigenvalue weighted by Crippen LogP contribution is -2.22. The van der Waals surface area contributed by atoms with Crippen LogP contribution in [-0.2, 0) is 4.74 Å². The summed E-state index contributed by atoms with van der Waals surface area (Å²) in [6.07, 6.45) is 9.18. The summed E-state index contributed by atoms with van der Waals surface area (Å²) in [6, 6.07) is 7.56. The number of aryl methyl sites for hydroxylation is 1. The number of H-pyrrole nitrogens is 1. The molecule has 1 N–H and O–H groups in total.